The van der Waals surface area contributed by atoms with Gasteiger partial charge in [-0.15, -0.1) is 0 Å². The van der Waals surface area contributed by atoms with Gasteiger partial charge in [-0.05, 0) is 30.5 Å². The summed E-state index contributed by atoms with van der Waals surface area (Å²) in [7, 11) is -1.95. The van der Waals surface area contributed by atoms with Crippen LogP contribution in [-0.4, -0.2) is 38.8 Å². The van der Waals surface area contributed by atoms with Gasteiger partial charge in [-0.2, -0.15) is 0 Å². The molecule has 0 aliphatic rings. The van der Waals surface area contributed by atoms with Gasteiger partial charge in [0, 0.05) is 26.6 Å². The highest BCUT2D eigenvalue weighted by molar-refractivity contribution is 7.89. The number of carbonyl (C=O) groups is 1. The van der Waals surface area contributed by atoms with Crippen LogP contribution in [0.1, 0.15) is 18.4 Å². The first-order chi connectivity index (χ1) is 12.0. The molecule has 134 valence electrons. The fourth-order valence-corrected chi connectivity index (χ4v) is 3.66. The summed E-state index contributed by atoms with van der Waals surface area (Å²) in [5, 5.41) is 2.87. The van der Waals surface area contributed by atoms with Gasteiger partial charge in [-0.25, -0.2) is 12.7 Å². The predicted molar refractivity (Wildman–Crippen MR) is 98.6 cm³/mol. The normalized spacial score (nSPS) is 11.4. The molecule has 0 saturated carbocycles. The zero-order valence-corrected chi connectivity index (χ0v) is 15.2. The second kappa shape index (κ2) is 9.34. The van der Waals surface area contributed by atoms with Crippen molar-refractivity contribution in [1.29, 1.82) is 0 Å². The van der Waals surface area contributed by atoms with Crippen LogP contribution in [0, 0.1) is 0 Å². The molecule has 0 atom stereocenters. The molecule has 25 heavy (non-hydrogen) atoms. The van der Waals surface area contributed by atoms with Gasteiger partial charge in [-0.3, -0.25) is 4.79 Å². The van der Waals surface area contributed by atoms with Crippen molar-refractivity contribution >= 4 is 15.9 Å². The molecule has 0 unspecified atom stereocenters. The molecule has 1 amide bonds. The predicted octanol–water partition coefficient (Wildman–Crippen LogP) is 2.45. The van der Waals surface area contributed by atoms with E-state index >= 15 is 0 Å². The molecule has 0 heterocycles. The summed E-state index contributed by atoms with van der Waals surface area (Å²) in [4.78, 5) is 12.1. The Morgan fingerprint density at radius 1 is 1.00 bits per heavy atom. The zero-order valence-electron chi connectivity index (χ0n) is 14.4. The smallest absolute Gasteiger partial charge is 0.242 e. The maximum atomic E-state index is 12.4. The van der Waals surface area contributed by atoms with E-state index in [0.29, 0.717) is 25.9 Å². The van der Waals surface area contributed by atoms with Crippen molar-refractivity contribution in [3.05, 3.63) is 66.2 Å². The minimum atomic E-state index is -3.49. The zero-order chi connectivity index (χ0) is 18.1. The highest BCUT2D eigenvalue weighted by atomic mass is 32.2. The van der Waals surface area contributed by atoms with Crippen LogP contribution in [0.4, 0.5) is 0 Å². The van der Waals surface area contributed by atoms with E-state index in [0.717, 1.165) is 6.42 Å². The van der Waals surface area contributed by atoms with Crippen LogP contribution >= 0.6 is 0 Å². The van der Waals surface area contributed by atoms with Crippen LogP contribution in [0.15, 0.2) is 65.6 Å². The molecule has 1 N–H and O–H groups in total. The third kappa shape index (κ3) is 5.99. The molecular formula is C19H24N2O3S. The Balaban J connectivity index is 1.70. The Morgan fingerprint density at radius 3 is 2.24 bits per heavy atom. The second-order valence-electron chi connectivity index (χ2n) is 5.83. The Kier molecular flexibility index (Phi) is 7.16. The monoisotopic (exact) mass is 360 g/mol. The summed E-state index contributed by atoms with van der Waals surface area (Å²) >= 11 is 0. The van der Waals surface area contributed by atoms with Crippen molar-refractivity contribution in [2.75, 3.05) is 20.1 Å². The molecule has 2 aromatic carbocycles. The van der Waals surface area contributed by atoms with Crippen LogP contribution in [-0.2, 0) is 21.2 Å². The topological polar surface area (TPSA) is 66.5 Å². The number of amides is 1. The lowest BCUT2D eigenvalue weighted by atomic mass is 10.1. The number of sulfonamides is 1. The molecule has 0 radical (unpaired) electrons. The van der Waals surface area contributed by atoms with Crippen LogP contribution < -0.4 is 5.32 Å². The van der Waals surface area contributed by atoms with Gasteiger partial charge in [0.25, 0.3) is 0 Å². The van der Waals surface area contributed by atoms with Crippen molar-refractivity contribution in [3.8, 4) is 0 Å². The number of carbonyl (C=O) groups excluding carboxylic acids is 1. The Morgan fingerprint density at radius 2 is 1.60 bits per heavy atom. The molecule has 0 bridgehead atoms. The van der Waals surface area contributed by atoms with E-state index in [1.165, 1.54) is 16.9 Å². The van der Waals surface area contributed by atoms with Crippen molar-refractivity contribution in [2.24, 2.45) is 0 Å². The molecule has 2 rings (SSSR count). The molecular weight excluding hydrogens is 336 g/mol. The highest BCUT2D eigenvalue weighted by Crippen LogP contribution is 2.13. The quantitative estimate of drug-likeness (QED) is 0.747. The summed E-state index contributed by atoms with van der Waals surface area (Å²) in [6, 6.07) is 18.3. The number of hydrogen-bond donors (Lipinski definition) is 1. The average molecular weight is 360 g/mol. The molecule has 5 nitrogen and oxygen atoms in total. The fraction of sp³-hybridized carbons (Fsp3) is 0.316. The van der Waals surface area contributed by atoms with Crippen molar-refractivity contribution < 1.29 is 13.2 Å². The number of nitrogens with one attached hydrogen (secondary N) is 1. The average Bonchev–Trinajstić information content (AvgIpc) is 2.63. The largest absolute Gasteiger partial charge is 0.356 e. The first-order valence-corrected chi connectivity index (χ1v) is 9.76. The molecule has 0 fully saturated rings. The van der Waals surface area contributed by atoms with Gasteiger partial charge in [0.2, 0.25) is 15.9 Å². The van der Waals surface area contributed by atoms with E-state index < -0.39 is 10.0 Å². The molecule has 0 saturated heterocycles. The van der Waals surface area contributed by atoms with Gasteiger partial charge < -0.3 is 5.32 Å². The molecule has 6 heteroatoms. The van der Waals surface area contributed by atoms with E-state index in [1.807, 2.05) is 30.3 Å². The van der Waals surface area contributed by atoms with E-state index in [1.54, 1.807) is 30.3 Å². The summed E-state index contributed by atoms with van der Waals surface area (Å²) in [5.74, 6) is -0.0542. The minimum Gasteiger partial charge on any atom is -0.356 e. The molecule has 0 spiro atoms. The van der Waals surface area contributed by atoms with Crippen molar-refractivity contribution in [2.45, 2.75) is 24.2 Å². The summed E-state index contributed by atoms with van der Waals surface area (Å²) in [5.41, 5.74) is 1.18. The van der Waals surface area contributed by atoms with E-state index in [-0.39, 0.29) is 10.8 Å². The van der Waals surface area contributed by atoms with E-state index in [2.05, 4.69) is 5.32 Å². The van der Waals surface area contributed by atoms with E-state index in [4.69, 9.17) is 0 Å². The van der Waals surface area contributed by atoms with Crippen molar-refractivity contribution in [3.63, 3.8) is 0 Å². The Bertz CT molecular complexity index is 762. The fourth-order valence-electron chi connectivity index (χ4n) is 2.43. The van der Waals surface area contributed by atoms with Crippen LogP contribution in [0.5, 0.6) is 0 Å². The van der Waals surface area contributed by atoms with Gasteiger partial charge in [0.1, 0.15) is 0 Å². The minimum absolute atomic E-state index is 0.0542. The molecule has 2 aromatic rings. The van der Waals surface area contributed by atoms with Gasteiger partial charge in [0.15, 0.2) is 0 Å². The molecule has 0 aliphatic heterocycles. The summed E-state index contributed by atoms with van der Waals surface area (Å²) in [6.45, 7) is 0.893. The van der Waals surface area contributed by atoms with Gasteiger partial charge >= 0.3 is 0 Å². The standard InChI is InChI=1S/C19H24N2O3S/c1-21(25(23,24)18-11-6-3-7-12-18)16-8-13-19(22)20-15-14-17-9-4-2-5-10-17/h2-7,9-12H,8,13-16H2,1H3,(H,20,22). The third-order valence-electron chi connectivity index (χ3n) is 3.91. The van der Waals surface area contributed by atoms with Gasteiger partial charge in [0.05, 0.1) is 4.90 Å². The van der Waals surface area contributed by atoms with E-state index in [9.17, 15) is 13.2 Å². The summed E-state index contributed by atoms with van der Waals surface area (Å²) < 4.78 is 26.0. The molecule has 0 aromatic heterocycles. The van der Waals surface area contributed by atoms with Crippen LogP contribution in [0.2, 0.25) is 0 Å². The second-order valence-corrected chi connectivity index (χ2v) is 7.87. The third-order valence-corrected chi connectivity index (χ3v) is 5.78. The lowest BCUT2D eigenvalue weighted by molar-refractivity contribution is -0.121. The lowest BCUT2D eigenvalue weighted by Gasteiger charge is -2.17. The lowest BCUT2D eigenvalue weighted by Crippen LogP contribution is -2.30. The number of hydrogen-bond acceptors (Lipinski definition) is 3. The first kappa shape index (κ1) is 19.1. The highest BCUT2D eigenvalue weighted by Gasteiger charge is 2.19. The number of rotatable bonds is 9. The number of nitrogens with zero attached hydrogens (tertiary/aromatic N) is 1. The number of benzene rings is 2. The maximum absolute atomic E-state index is 12.4. The van der Waals surface area contributed by atoms with Crippen LogP contribution in [0.3, 0.4) is 0 Å². The molecule has 0 aliphatic carbocycles. The summed E-state index contributed by atoms with van der Waals surface area (Å²) in [6.07, 6.45) is 1.58. The Hall–Kier alpha value is -2.18. The SMILES string of the molecule is CN(CCCC(=O)NCCc1ccccc1)S(=O)(=O)c1ccccc1. The first-order valence-electron chi connectivity index (χ1n) is 8.32. The Labute approximate surface area is 149 Å². The maximum Gasteiger partial charge on any atom is 0.242 e. The van der Waals surface area contributed by atoms with Gasteiger partial charge in [-0.1, -0.05) is 48.5 Å². The van der Waals surface area contributed by atoms with Crippen molar-refractivity contribution in [1.82, 2.24) is 9.62 Å². The van der Waals surface area contributed by atoms with Crippen LogP contribution in [0.25, 0.3) is 0 Å².